The van der Waals surface area contributed by atoms with E-state index >= 15 is 0 Å². The quantitative estimate of drug-likeness (QED) is 0.803. The summed E-state index contributed by atoms with van der Waals surface area (Å²) in [6.07, 6.45) is -0.780. The highest BCUT2D eigenvalue weighted by molar-refractivity contribution is 5.85. The topological polar surface area (TPSA) is 58.6 Å². The van der Waals surface area contributed by atoms with Gasteiger partial charge in [0, 0.05) is 0 Å². The van der Waals surface area contributed by atoms with E-state index in [9.17, 15) is 9.18 Å². The molecule has 5 heteroatoms. The molecule has 0 heterocycles. The lowest BCUT2D eigenvalue weighted by atomic mass is 10.2. The van der Waals surface area contributed by atoms with Crippen LogP contribution in [0.2, 0.25) is 0 Å². The maximum atomic E-state index is 13.2. The van der Waals surface area contributed by atoms with Crippen molar-refractivity contribution in [3.8, 4) is 0 Å². The number of carbonyl (C=O) groups is 1. The molecule has 0 aliphatic rings. The predicted molar refractivity (Wildman–Crippen MR) is 53.2 cm³/mol. The second kappa shape index (κ2) is 5.31. The van der Waals surface area contributed by atoms with Crippen LogP contribution in [0.3, 0.4) is 0 Å². The fraction of sp³-hybridized carbons (Fsp3) is 0.300. The zero-order valence-electron chi connectivity index (χ0n) is 8.29. The van der Waals surface area contributed by atoms with Crippen LogP contribution in [0.4, 0.5) is 14.9 Å². The summed E-state index contributed by atoms with van der Waals surface area (Å²) in [5.41, 5.74) is 0.705. The molecule has 0 spiro atoms. The van der Waals surface area contributed by atoms with Gasteiger partial charge in [-0.25, -0.2) is 9.18 Å². The van der Waals surface area contributed by atoms with E-state index in [1.54, 1.807) is 19.1 Å². The molecule has 0 fully saturated rings. The molecule has 1 amide bonds. The SMILES string of the molecule is Cc1cccc(F)c1NC(=O)OCCO. The number of amides is 1. The van der Waals surface area contributed by atoms with Crippen LogP contribution in [0.15, 0.2) is 18.2 Å². The van der Waals surface area contributed by atoms with E-state index in [0.29, 0.717) is 5.56 Å². The number of aryl methyl sites for hydroxylation is 1. The van der Waals surface area contributed by atoms with E-state index in [1.807, 2.05) is 0 Å². The Morgan fingerprint density at radius 2 is 2.33 bits per heavy atom. The van der Waals surface area contributed by atoms with Gasteiger partial charge in [0.25, 0.3) is 0 Å². The first-order valence-electron chi connectivity index (χ1n) is 4.45. The number of nitrogens with one attached hydrogen (secondary N) is 1. The van der Waals surface area contributed by atoms with Crippen LogP contribution in [-0.2, 0) is 4.74 Å². The summed E-state index contributed by atoms with van der Waals surface area (Å²) in [7, 11) is 0. The standard InChI is InChI=1S/C10H12FNO3/c1-7-3-2-4-8(11)9(7)12-10(14)15-6-5-13/h2-4,13H,5-6H2,1H3,(H,12,14). The number of hydrogen-bond acceptors (Lipinski definition) is 3. The van der Waals surface area contributed by atoms with Crippen LogP contribution in [0.5, 0.6) is 0 Å². The maximum Gasteiger partial charge on any atom is 0.411 e. The van der Waals surface area contributed by atoms with E-state index in [1.165, 1.54) is 6.07 Å². The second-order valence-corrected chi connectivity index (χ2v) is 2.92. The Hall–Kier alpha value is -1.62. The molecule has 1 aromatic rings. The van der Waals surface area contributed by atoms with Crippen molar-refractivity contribution < 1.29 is 19.0 Å². The van der Waals surface area contributed by atoms with Crippen LogP contribution in [0.25, 0.3) is 0 Å². The zero-order valence-corrected chi connectivity index (χ0v) is 8.29. The first kappa shape index (κ1) is 11.5. The van der Waals surface area contributed by atoms with Crippen molar-refractivity contribution in [2.45, 2.75) is 6.92 Å². The Labute approximate surface area is 86.7 Å². The molecule has 0 saturated heterocycles. The second-order valence-electron chi connectivity index (χ2n) is 2.92. The monoisotopic (exact) mass is 213 g/mol. The zero-order chi connectivity index (χ0) is 11.3. The molecule has 4 nitrogen and oxygen atoms in total. The summed E-state index contributed by atoms with van der Waals surface area (Å²) in [5, 5.41) is 10.7. The molecule has 1 aromatic carbocycles. The van der Waals surface area contributed by atoms with Gasteiger partial charge < -0.3 is 9.84 Å². The molecular weight excluding hydrogens is 201 g/mol. The number of ether oxygens (including phenoxy) is 1. The maximum absolute atomic E-state index is 13.2. The smallest absolute Gasteiger partial charge is 0.411 e. The van der Waals surface area contributed by atoms with Gasteiger partial charge in [-0.05, 0) is 18.6 Å². The van der Waals surface area contributed by atoms with E-state index in [2.05, 4.69) is 10.1 Å². The van der Waals surface area contributed by atoms with Gasteiger partial charge >= 0.3 is 6.09 Å². The molecule has 0 aromatic heterocycles. The molecular formula is C10H12FNO3. The third-order valence-electron chi connectivity index (χ3n) is 1.77. The molecule has 0 atom stereocenters. The summed E-state index contributed by atoms with van der Waals surface area (Å²) in [4.78, 5) is 11.1. The lowest BCUT2D eigenvalue weighted by Crippen LogP contribution is -2.17. The predicted octanol–water partition coefficient (Wildman–Crippen LogP) is 1.67. The Balaban J connectivity index is 2.68. The molecule has 15 heavy (non-hydrogen) atoms. The Bertz CT molecular complexity index is 334. The number of carbonyl (C=O) groups excluding carboxylic acids is 1. The van der Waals surface area contributed by atoms with Crippen molar-refractivity contribution in [3.63, 3.8) is 0 Å². The number of para-hydroxylation sites is 1. The highest BCUT2D eigenvalue weighted by Gasteiger charge is 2.09. The Morgan fingerprint density at radius 3 is 2.93 bits per heavy atom. The molecule has 0 bridgehead atoms. The van der Waals surface area contributed by atoms with Crippen molar-refractivity contribution in [1.82, 2.24) is 0 Å². The molecule has 0 saturated carbocycles. The molecule has 0 aliphatic carbocycles. The van der Waals surface area contributed by atoms with Crippen LogP contribution >= 0.6 is 0 Å². The van der Waals surface area contributed by atoms with Gasteiger partial charge in [0.15, 0.2) is 0 Å². The summed E-state index contributed by atoms with van der Waals surface area (Å²) in [5.74, 6) is -0.518. The molecule has 1 rings (SSSR count). The average Bonchev–Trinajstić information content (AvgIpc) is 2.21. The van der Waals surface area contributed by atoms with E-state index in [0.717, 1.165) is 0 Å². The average molecular weight is 213 g/mol. The largest absolute Gasteiger partial charge is 0.447 e. The molecule has 82 valence electrons. The molecule has 0 unspecified atom stereocenters. The summed E-state index contributed by atoms with van der Waals surface area (Å²) < 4.78 is 17.8. The third-order valence-corrected chi connectivity index (χ3v) is 1.77. The van der Waals surface area contributed by atoms with Crippen LogP contribution < -0.4 is 5.32 Å². The first-order valence-corrected chi connectivity index (χ1v) is 4.45. The van der Waals surface area contributed by atoms with Gasteiger partial charge in [-0.1, -0.05) is 12.1 Å². The van der Waals surface area contributed by atoms with Gasteiger partial charge in [0.1, 0.15) is 12.4 Å². The van der Waals surface area contributed by atoms with Crippen LogP contribution in [0, 0.1) is 12.7 Å². The minimum absolute atomic E-state index is 0.0976. The molecule has 0 radical (unpaired) electrons. The van der Waals surface area contributed by atoms with E-state index in [4.69, 9.17) is 5.11 Å². The highest BCUT2D eigenvalue weighted by Crippen LogP contribution is 2.18. The van der Waals surface area contributed by atoms with Gasteiger partial charge in [0.2, 0.25) is 0 Å². The number of anilines is 1. The minimum Gasteiger partial charge on any atom is -0.447 e. The van der Waals surface area contributed by atoms with Crippen molar-refractivity contribution in [2.24, 2.45) is 0 Å². The van der Waals surface area contributed by atoms with E-state index in [-0.39, 0.29) is 18.9 Å². The number of halogens is 1. The number of rotatable bonds is 3. The lowest BCUT2D eigenvalue weighted by molar-refractivity contribution is 0.131. The number of aliphatic hydroxyl groups is 1. The highest BCUT2D eigenvalue weighted by atomic mass is 19.1. The van der Waals surface area contributed by atoms with Crippen molar-refractivity contribution in [3.05, 3.63) is 29.6 Å². The number of benzene rings is 1. The van der Waals surface area contributed by atoms with Crippen molar-refractivity contribution >= 4 is 11.8 Å². The van der Waals surface area contributed by atoms with E-state index < -0.39 is 11.9 Å². The van der Waals surface area contributed by atoms with Crippen LogP contribution in [0.1, 0.15) is 5.56 Å². The number of hydrogen-bond donors (Lipinski definition) is 2. The normalized spacial score (nSPS) is 9.80. The van der Waals surface area contributed by atoms with Gasteiger partial charge in [-0.15, -0.1) is 0 Å². The fourth-order valence-corrected chi connectivity index (χ4v) is 1.07. The third kappa shape index (κ3) is 3.21. The lowest BCUT2D eigenvalue weighted by Gasteiger charge is -2.09. The van der Waals surface area contributed by atoms with Crippen molar-refractivity contribution in [2.75, 3.05) is 18.5 Å². The van der Waals surface area contributed by atoms with Gasteiger partial charge in [0.05, 0.1) is 12.3 Å². The molecule has 0 aliphatic heterocycles. The van der Waals surface area contributed by atoms with Crippen molar-refractivity contribution in [1.29, 1.82) is 0 Å². The fourth-order valence-electron chi connectivity index (χ4n) is 1.07. The minimum atomic E-state index is -0.780. The molecule has 2 N–H and O–H groups in total. The number of aliphatic hydroxyl groups excluding tert-OH is 1. The Morgan fingerprint density at radius 1 is 1.60 bits per heavy atom. The Kier molecular flexibility index (Phi) is 4.05. The summed E-state index contributed by atoms with van der Waals surface area (Å²) in [6.45, 7) is 1.30. The van der Waals surface area contributed by atoms with Crippen LogP contribution in [-0.4, -0.2) is 24.4 Å². The summed E-state index contributed by atoms with van der Waals surface area (Å²) in [6, 6.07) is 4.47. The van der Waals surface area contributed by atoms with Gasteiger partial charge in [-0.2, -0.15) is 0 Å². The van der Waals surface area contributed by atoms with Gasteiger partial charge in [-0.3, -0.25) is 5.32 Å². The summed E-state index contributed by atoms with van der Waals surface area (Å²) >= 11 is 0. The first-order chi connectivity index (χ1) is 7.15.